The quantitative estimate of drug-likeness (QED) is 0.0346. The Bertz CT molecular complexity index is 1030. The fraction of sp³-hybridized carbons (Fsp3) is 0.825. The molecule has 0 amide bonds. The van der Waals surface area contributed by atoms with E-state index in [1.165, 1.54) is 186 Å². The lowest BCUT2D eigenvalue weighted by Gasteiger charge is -2.18. The third-order valence-corrected chi connectivity index (χ3v) is 11.8. The van der Waals surface area contributed by atoms with Crippen molar-refractivity contribution in [1.82, 2.24) is 0 Å². The molecule has 0 heterocycles. The van der Waals surface area contributed by atoms with E-state index in [4.69, 9.17) is 14.2 Å². The van der Waals surface area contributed by atoms with Crippen LogP contribution in [0.1, 0.15) is 278 Å². The van der Waals surface area contributed by atoms with Crippen molar-refractivity contribution in [2.45, 2.75) is 284 Å². The summed E-state index contributed by atoms with van der Waals surface area (Å²) in [6.45, 7) is 7.79. The minimum atomic E-state index is -0.539. The first-order valence-electron chi connectivity index (χ1n) is 27.2. The van der Waals surface area contributed by atoms with Crippen LogP contribution in [0.25, 0.3) is 0 Å². The highest BCUT2D eigenvalue weighted by atomic mass is 16.6. The van der Waals surface area contributed by atoms with Crippen molar-refractivity contribution >= 4 is 11.9 Å². The molecule has 0 radical (unpaired) electrons. The second-order valence-corrected chi connectivity index (χ2v) is 18.1. The van der Waals surface area contributed by atoms with Gasteiger partial charge in [-0.2, -0.15) is 0 Å². The SMILES string of the molecule is CCCCC/C=C\C/C=C\CCCCCCCCCCOCC(COC(=O)CCCCCCCCC/C=C\C/C=C\CCCCC)OC(=O)CCCCCCCCCCCCC. The van der Waals surface area contributed by atoms with Crippen LogP contribution in [0.15, 0.2) is 48.6 Å². The summed E-state index contributed by atoms with van der Waals surface area (Å²) in [4.78, 5) is 25.4. The first-order valence-corrected chi connectivity index (χ1v) is 27.2. The summed E-state index contributed by atoms with van der Waals surface area (Å²) in [7, 11) is 0. The monoisotopic (exact) mass is 869 g/mol. The summed E-state index contributed by atoms with van der Waals surface area (Å²) in [6, 6.07) is 0. The highest BCUT2D eigenvalue weighted by Gasteiger charge is 2.17. The minimum absolute atomic E-state index is 0.0818. The molecule has 0 aromatic heterocycles. The van der Waals surface area contributed by atoms with Gasteiger partial charge in [0.25, 0.3) is 0 Å². The molecule has 1 unspecified atom stereocenters. The van der Waals surface area contributed by atoms with Gasteiger partial charge in [0, 0.05) is 19.4 Å². The van der Waals surface area contributed by atoms with Crippen molar-refractivity contribution in [3.8, 4) is 0 Å². The summed E-state index contributed by atoms with van der Waals surface area (Å²) in [6.07, 6.45) is 65.5. The summed E-state index contributed by atoms with van der Waals surface area (Å²) in [5, 5.41) is 0. The van der Waals surface area contributed by atoms with E-state index in [1.807, 2.05) is 0 Å². The summed E-state index contributed by atoms with van der Waals surface area (Å²) < 4.78 is 17.4. The third-order valence-electron chi connectivity index (χ3n) is 11.8. The van der Waals surface area contributed by atoms with E-state index in [0.717, 1.165) is 57.8 Å². The molecule has 362 valence electrons. The van der Waals surface area contributed by atoms with Gasteiger partial charge in [0.05, 0.1) is 6.61 Å². The van der Waals surface area contributed by atoms with Crippen LogP contribution >= 0.6 is 0 Å². The van der Waals surface area contributed by atoms with Gasteiger partial charge < -0.3 is 14.2 Å². The van der Waals surface area contributed by atoms with Crippen molar-refractivity contribution in [2.24, 2.45) is 0 Å². The van der Waals surface area contributed by atoms with Crippen molar-refractivity contribution in [1.29, 1.82) is 0 Å². The Morgan fingerprint density at radius 3 is 1.10 bits per heavy atom. The molecule has 0 N–H and O–H groups in total. The zero-order valence-electron chi connectivity index (χ0n) is 41.6. The van der Waals surface area contributed by atoms with Crippen LogP contribution in [0.5, 0.6) is 0 Å². The average molecular weight is 869 g/mol. The van der Waals surface area contributed by atoms with Gasteiger partial charge >= 0.3 is 11.9 Å². The van der Waals surface area contributed by atoms with Crippen LogP contribution in [-0.4, -0.2) is 37.9 Å². The zero-order chi connectivity index (χ0) is 44.9. The molecular formula is C57H104O5. The Balaban J connectivity index is 4.22. The molecule has 5 heteroatoms. The number of carbonyl (C=O) groups is 2. The van der Waals surface area contributed by atoms with Crippen LogP contribution in [0, 0.1) is 0 Å². The van der Waals surface area contributed by atoms with Crippen molar-refractivity contribution in [2.75, 3.05) is 19.8 Å². The lowest BCUT2D eigenvalue weighted by molar-refractivity contribution is -0.163. The molecule has 62 heavy (non-hydrogen) atoms. The zero-order valence-corrected chi connectivity index (χ0v) is 41.6. The Morgan fingerprint density at radius 2 is 0.677 bits per heavy atom. The molecule has 5 nitrogen and oxygen atoms in total. The maximum atomic E-state index is 12.8. The molecule has 0 aromatic carbocycles. The lowest BCUT2D eigenvalue weighted by atomic mass is 10.1. The van der Waals surface area contributed by atoms with Crippen LogP contribution in [0.3, 0.4) is 0 Å². The molecule has 0 saturated heterocycles. The summed E-state index contributed by atoms with van der Waals surface area (Å²) in [5.41, 5.74) is 0. The largest absolute Gasteiger partial charge is 0.462 e. The molecule has 0 aromatic rings. The van der Waals surface area contributed by atoms with E-state index in [1.54, 1.807) is 0 Å². The van der Waals surface area contributed by atoms with E-state index in [9.17, 15) is 9.59 Å². The third kappa shape index (κ3) is 50.5. The molecule has 0 bridgehead atoms. The van der Waals surface area contributed by atoms with Gasteiger partial charge in [-0.3, -0.25) is 9.59 Å². The van der Waals surface area contributed by atoms with Gasteiger partial charge in [-0.05, 0) is 83.5 Å². The molecule has 0 aliphatic heterocycles. The maximum Gasteiger partial charge on any atom is 0.306 e. The first kappa shape index (κ1) is 59.9. The fourth-order valence-electron chi connectivity index (χ4n) is 7.75. The minimum Gasteiger partial charge on any atom is -0.462 e. The fourth-order valence-corrected chi connectivity index (χ4v) is 7.75. The molecule has 1 atom stereocenters. The summed E-state index contributed by atoms with van der Waals surface area (Å²) >= 11 is 0. The number of esters is 2. The Morgan fingerprint density at radius 1 is 0.355 bits per heavy atom. The van der Waals surface area contributed by atoms with Crippen LogP contribution < -0.4 is 0 Å². The van der Waals surface area contributed by atoms with E-state index in [0.29, 0.717) is 19.4 Å². The van der Waals surface area contributed by atoms with Gasteiger partial charge in [0.1, 0.15) is 6.61 Å². The molecule has 0 saturated carbocycles. The molecule has 0 aliphatic rings. The summed E-state index contributed by atoms with van der Waals surface area (Å²) in [5.74, 6) is -0.398. The molecule has 0 aliphatic carbocycles. The van der Waals surface area contributed by atoms with Crippen molar-refractivity contribution < 1.29 is 23.8 Å². The van der Waals surface area contributed by atoms with Crippen LogP contribution in [0.2, 0.25) is 0 Å². The van der Waals surface area contributed by atoms with Gasteiger partial charge in [0.15, 0.2) is 6.10 Å². The molecular weight excluding hydrogens is 765 g/mol. The predicted octanol–water partition coefficient (Wildman–Crippen LogP) is 18.3. The number of carbonyl (C=O) groups excluding carboxylic acids is 2. The number of unbranched alkanes of at least 4 members (excludes halogenated alkanes) is 31. The van der Waals surface area contributed by atoms with Gasteiger partial charge in [-0.25, -0.2) is 0 Å². The normalized spacial score (nSPS) is 12.5. The molecule has 0 fully saturated rings. The van der Waals surface area contributed by atoms with E-state index in [-0.39, 0.29) is 25.2 Å². The number of hydrogen-bond donors (Lipinski definition) is 0. The Labute approximate surface area is 386 Å². The lowest BCUT2D eigenvalue weighted by Crippen LogP contribution is -2.30. The predicted molar refractivity (Wildman–Crippen MR) is 270 cm³/mol. The maximum absolute atomic E-state index is 12.8. The number of ether oxygens (including phenoxy) is 3. The number of allylic oxidation sites excluding steroid dienone is 8. The highest BCUT2D eigenvalue weighted by Crippen LogP contribution is 2.15. The smallest absolute Gasteiger partial charge is 0.306 e. The topological polar surface area (TPSA) is 61.8 Å². The second kappa shape index (κ2) is 53.2. The Kier molecular flexibility index (Phi) is 51.4. The van der Waals surface area contributed by atoms with Crippen molar-refractivity contribution in [3.05, 3.63) is 48.6 Å². The average Bonchev–Trinajstić information content (AvgIpc) is 3.27. The van der Waals surface area contributed by atoms with E-state index >= 15 is 0 Å². The number of hydrogen-bond acceptors (Lipinski definition) is 5. The standard InChI is InChI=1S/C57H104O5/c1-4-7-10-13-16-19-22-24-26-28-30-32-34-37-40-43-46-49-52-60-53-55(62-57(59)51-48-45-42-39-35-21-18-15-12-9-6-3)54-61-56(58)50-47-44-41-38-36-33-31-29-27-25-23-20-17-14-11-8-5-2/h16-17,19-20,24-27,55H,4-15,18,21-23,28-54H2,1-3H3/b19-16-,20-17-,26-24-,27-25-. The highest BCUT2D eigenvalue weighted by molar-refractivity contribution is 5.70. The number of rotatable bonds is 50. The Hall–Kier alpha value is -2.14. The molecule has 0 spiro atoms. The van der Waals surface area contributed by atoms with E-state index < -0.39 is 6.10 Å². The van der Waals surface area contributed by atoms with Gasteiger partial charge in [-0.15, -0.1) is 0 Å². The van der Waals surface area contributed by atoms with E-state index in [2.05, 4.69) is 69.4 Å². The van der Waals surface area contributed by atoms with Crippen LogP contribution in [0.4, 0.5) is 0 Å². The van der Waals surface area contributed by atoms with Crippen LogP contribution in [-0.2, 0) is 23.8 Å². The van der Waals surface area contributed by atoms with Gasteiger partial charge in [-0.1, -0.05) is 230 Å². The first-order chi connectivity index (χ1) is 30.6. The van der Waals surface area contributed by atoms with Gasteiger partial charge in [0.2, 0.25) is 0 Å². The second-order valence-electron chi connectivity index (χ2n) is 18.1. The van der Waals surface area contributed by atoms with Crippen molar-refractivity contribution in [3.63, 3.8) is 0 Å². The molecule has 0 rings (SSSR count).